The highest BCUT2D eigenvalue weighted by molar-refractivity contribution is 7.89. The second-order valence-corrected chi connectivity index (χ2v) is 6.96. The number of nitrogens with zero attached hydrogens (tertiary/aromatic N) is 1. The van der Waals surface area contributed by atoms with Gasteiger partial charge in [0.25, 0.3) is 0 Å². The van der Waals surface area contributed by atoms with Crippen LogP contribution in [0.4, 0.5) is 5.69 Å². The summed E-state index contributed by atoms with van der Waals surface area (Å²) in [6.45, 7) is 3.59. The minimum Gasteiger partial charge on any atom is -0.481 e. The molecule has 1 atom stereocenters. The number of aliphatic carboxylic acids is 1. The van der Waals surface area contributed by atoms with E-state index >= 15 is 0 Å². The molecule has 6 nitrogen and oxygen atoms in total. The van der Waals surface area contributed by atoms with Crippen molar-refractivity contribution < 1.29 is 18.3 Å². The third-order valence-corrected chi connectivity index (χ3v) is 5.16. The van der Waals surface area contributed by atoms with Crippen LogP contribution in [0.15, 0.2) is 29.2 Å². The lowest BCUT2D eigenvalue weighted by Gasteiger charge is -2.18. The number of carbonyl (C=O) groups is 1. The number of hydrogen-bond acceptors (Lipinski definition) is 4. The van der Waals surface area contributed by atoms with E-state index in [0.29, 0.717) is 13.1 Å². The molecule has 116 valence electrons. The molecule has 7 heteroatoms. The van der Waals surface area contributed by atoms with Gasteiger partial charge in [-0.15, -0.1) is 0 Å². The lowest BCUT2D eigenvalue weighted by atomic mass is 10.1. The van der Waals surface area contributed by atoms with Crippen molar-refractivity contribution >= 4 is 21.7 Å². The Labute approximate surface area is 124 Å². The molecule has 1 unspecified atom stereocenters. The summed E-state index contributed by atoms with van der Waals surface area (Å²) < 4.78 is 26.1. The molecule has 0 saturated carbocycles. The van der Waals surface area contributed by atoms with Gasteiger partial charge in [-0.1, -0.05) is 6.92 Å². The standard InChI is InChI=1S/C14H20N2O4S/c1-2-15-21(19,20)13-5-3-12(4-6-13)16-8-7-11(10-16)9-14(17)18/h3-6,11,15H,2,7-10H2,1H3,(H,17,18). The Kier molecular flexibility index (Phi) is 4.84. The molecule has 2 rings (SSSR count). The molecule has 2 N–H and O–H groups in total. The zero-order valence-corrected chi connectivity index (χ0v) is 12.8. The van der Waals surface area contributed by atoms with Crippen LogP contribution in [0, 0.1) is 5.92 Å². The van der Waals surface area contributed by atoms with Crippen molar-refractivity contribution in [3.8, 4) is 0 Å². The molecule has 1 aliphatic rings. The van der Waals surface area contributed by atoms with E-state index in [9.17, 15) is 13.2 Å². The number of hydrogen-bond donors (Lipinski definition) is 2. The second kappa shape index (κ2) is 6.44. The first-order chi connectivity index (χ1) is 9.92. The lowest BCUT2D eigenvalue weighted by Crippen LogP contribution is -2.23. The average Bonchev–Trinajstić information content (AvgIpc) is 2.86. The van der Waals surface area contributed by atoms with E-state index in [1.807, 2.05) is 0 Å². The van der Waals surface area contributed by atoms with Crippen molar-refractivity contribution in [1.29, 1.82) is 0 Å². The maximum absolute atomic E-state index is 11.8. The first kappa shape index (κ1) is 15.8. The maximum Gasteiger partial charge on any atom is 0.303 e. The smallest absolute Gasteiger partial charge is 0.303 e. The highest BCUT2D eigenvalue weighted by Gasteiger charge is 2.25. The largest absolute Gasteiger partial charge is 0.481 e. The van der Waals surface area contributed by atoms with Crippen LogP contribution in [0.25, 0.3) is 0 Å². The van der Waals surface area contributed by atoms with Crippen molar-refractivity contribution in [3.63, 3.8) is 0 Å². The number of carboxylic acids is 1. The Morgan fingerprint density at radius 3 is 2.62 bits per heavy atom. The fourth-order valence-corrected chi connectivity index (χ4v) is 3.63. The summed E-state index contributed by atoms with van der Waals surface area (Å²) in [5.41, 5.74) is 0.929. The number of nitrogens with one attached hydrogen (secondary N) is 1. The van der Waals surface area contributed by atoms with E-state index < -0.39 is 16.0 Å². The van der Waals surface area contributed by atoms with Crippen molar-refractivity contribution in [3.05, 3.63) is 24.3 Å². The zero-order chi connectivity index (χ0) is 15.5. The van der Waals surface area contributed by atoms with Gasteiger partial charge in [0.15, 0.2) is 0 Å². The summed E-state index contributed by atoms with van der Waals surface area (Å²) in [6, 6.07) is 6.70. The molecule has 1 aromatic carbocycles. The summed E-state index contributed by atoms with van der Waals surface area (Å²) in [5, 5.41) is 8.81. The van der Waals surface area contributed by atoms with Crippen LogP contribution in [-0.4, -0.2) is 39.1 Å². The van der Waals surface area contributed by atoms with Crippen LogP contribution in [0.5, 0.6) is 0 Å². The molecule has 0 aliphatic carbocycles. The first-order valence-electron chi connectivity index (χ1n) is 6.99. The van der Waals surface area contributed by atoms with Crippen LogP contribution in [0.3, 0.4) is 0 Å². The topological polar surface area (TPSA) is 86.7 Å². The maximum atomic E-state index is 11.8. The fraction of sp³-hybridized carbons (Fsp3) is 0.500. The van der Waals surface area contributed by atoms with Crippen molar-refractivity contribution in [1.82, 2.24) is 4.72 Å². The number of benzene rings is 1. The van der Waals surface area contributed by atoms with Gasteiger partial charge in [0.05, 0.1) is 4.90 Å². The number of rotatable bonds is 6. The van der Waals surface area contributed by atoms with Crippen molar-refractivity contribution in [2.75, 3.05) is 24.5 Å². The molecular formula is C14H20N2O4S. The molecule has 1 aliphatic heterocycles. The molecule has 1 fully saturated rings. The van der Waals surface area contributed by atoms with Crippen LogP contribution in [0.2, 0.25) is 0 Å². The molecule has 0 spiro atoms. The van der Waals surface area contributed by atoms with Crippen LogP contribution >= 0.6 is 0 Å². The van der Waals surface area contributed by atoms with Crippen LogP contribution < -0.4 is 9.62 Å². The highest BCUT2D eigenvalue weighted by atomic mass is 32.2. The summed E-state index contributed by atoms with van der Waals surface area (Å²) in [4.78, 5) is 13.1. The predicted octanol–water partition coefficient (Wildman–Crippen LogP) is 1.29. The van der Waals surface area contributed by atoms with Gasteiger partial charge >= 0.3 is 5.97 Å². The van der Waals surface area contributed by atoms with Gasteiger partial charge in [0.1, 0.15) is 0 Å². The highest BCUT2D eigenvalue weighted by Crippen LogP contribution is 2.26. The van der Waals surface area contributed by atoms with Crippen LogP contribution in [-0.2, 0) is 14.8 Å². The van der Waals surface area contributed by atoms with Gasteiger partial charge in [-0.05, 0) is 36.6 Å². The van der Waals surface area contributed by atoms with Gasteiger partial charge in [0, 0.05) is 31.7 Å². The quantitative estimate of drug-likeness (QED) is 0.826. The van der Waals surface area contributed by atoms with Gasteiger partial charge in [-0.25, -0.2) is 13.1 Å². The van der Waals surface area contributed by atoms with E-state index in [2.05, 4.69) is 9.62 Å². The van der Waals surface area contributed by atoms with E-state index in [-0.39, 0.29) is 17.2 Å². The van der Waals surface area contributed by atoms with Gasteiger partial charge in [-0.3, -0.25) is 4.79 Å². The third kappa shape index (κ3) is 3.95. The monoisotopic (exact) mass is 312 g/mol. The molecule has 1 aromatic rings. The molecule has 0 aromatic heterocycles. The third-order valence-electron chi connectivity index (χ3n) is 3.60. The molecule has 0 radical (unpaired) electrons. The summed E-state index contributed by atoms with van der Waals surface area (Å²) in [6.07, 6.45) is 1.03. The molecule has 1 saturated heterocycles. The van der Waals surface area contributed by atoms with Crippen LogP contribution in [0.1, 0.15) is 19.8 Å². The first-order valence-corrected chi connectivity index (χ1v) is 8.47. The zero-order valence-electron chi connectivity index (χ0n) is 11.9. The van der Waals surface area contributed by atoms with E-state index in [4.69, 9.17) is 5.11 Å². The lowest BCUT2D eigenvalue weighted by molar-refractivity contribution is -0.137. The predicted molar refractivity (Wildman–Crippen MR) is 79.9 cm³/mol. The van der Waals surface area contributed by atoms with Gasteiger partial charge in [0.2, 0.25) is 10.0 Å². The second-order valence-electron chi connectivity index (χ2n) is 5.19. The fourth-order valence-electron chi connectivity index (χ4n) is 2.59. The van der Waals surface area contributed by atoms with E-state index in [1.165, 1.54) is 0 Å². The molecule has 1 heterocycles. The summed E-state index contributed by atoms with van der Waals surface area (Å²) in [7, 11) is -3.42. The Hall–Kier alpha value is -1.60. The summed E-state index contributed by atoms with van der Waals surface area (Å²) in [5.74, 6) is -0.610. The minimum atomic E-state index is -3.42. The van der Waals surface area contributed by atoms with E-state index in [1.54, 1.807) is 31.2 Å². The molecule has 0 bridgehead atoms. The summed E-state index contributed by atoms with van der Waals surface area (Å²) >= 11 is 0. The van der Waals surface area contributed by atoms with Crippen molar-refractivity contribution in [2.45, 2.75) is 24.7 Å². The molecule has 0 amide bonds. The van der Waals surface area contributed by atoms with Gasteiger partial charge in [-0.2, -0.15) is 0 Å². The Balaban J connectivity index is 2.05. The van der Waals surface area contributed by atoms with Crippen molar-refractivity contribution in [2.24, 2.45) is 5.92 Å². The normalized spacial score (nSPS) is 18.9. The number of anilines is 1. The Bertz CT molecular complexity index is 598. The number of carboxylic acid groups (broad SMARTS) is 1. The minimum absolute atomic E-state index is 0.160. The Morgan fingerprint density at radius 2 is 2.05 bits per heavy atom. The average molecular weight is 312 g/mol. The molecular weight excluding hydrogens is 292 g/mol. The Morgan fingerprint density at radius 1 is 1.38 bits per heavy atom. The SMILES string of the molecule is CCNS(=O)(=O)c1ccc(N2CCC(CC(=O)O)C2)cc1. The van der Waals surface area contributed by atoms with Gasteiger partial charge < -0.3 is 10.0 Å². The van der Waals surface area contributed by atoms with E-state index in [0.717, 1.165) is 18.7 Å². The number of sulfonamides is 1. The molecule has 21 heavy (non-hydrogen) atoms.